The number of ketones is 1. The van der Waals surface area contributed by atoms with Gasteiger partial charge in [-0.25, -0.2) is 9.59 Å². The second-order valence-corrected chi connectivity index (χ2v) is 12.8. The fraction of sp³-hybridized carbons (Fsp3) is 0.333. The summed E-state index contributed by atoms with van der Waals surface area (Å²) in [6.45, 7) is 5.88. The van der Waals surface area contributed by atoms with Crippen LogP contribution >= 0.6 is 46.4 Å². The summed E-state index contributed by atoms with van der Waals surface area (Å²) < 4.78 is 15.8. The van der Waals surface area contributed by atoms with Crippen LogP contribution in [0.4, 0.5) is 4.79 Å². The zero-order valence-electron chi connectivity index (χ0n) is 25.7. The van der Waals surface area contributed by atoms with Gasteiger partial charge in [-0.2, -0.15) is 0 Å². The van der Waals surface area contributed by atoms with Gasteiger partial charge in [0.2, 0.25) is 0 Å². The Hall–Kier alpha value is -3.50. The molecule has 0 spiro atoms. The van der Waals surface area contributed by atoms with Crippen LogP contribution in [0.25, 0.3) is 0 Å². The van der Waals surface area contributed by atoms with E-state index in [0.717, 1.165) is 0 Å². The van der Waals surface area contributed by atoms with Crippen LogP contribution in [0.3, 0.4) is 0 Å². The van der Waals surface area contributed by atoms with Gasteiger partial charge >= 0.3 is 12.1 Å². The number of esters is 1. The number of carbonyl (C=O) groups is 4. The Kier molecular flexibility index (Phi) is 13.6. The number of hydrogen-bond acceptors (Lipinski definition) is 7. The summed E-state index contributed by atoms with van der Waals surface area (Å²) in [5.74, 6) is -1.27. The normalized spacial score (nSPS) is 11.7. The summed E-state index contributed by atoms with van der Waals surface area (Å²) >= 11 is 25.1. The lowest BCUT2D eigenvalue weighted by Gasteiger charge is -2.19. The molecule has 0 bridgehead atoms. The van der Waals surface area contributed by atoms with E-state index in [1.807, 2.05) is 0 Å². The molecule has 0 aliphatic carbocycles. The van der Waals surface area contributed by atoms with Crippen molar-refractivity contribution in [1.82, 2.24) is 10.6 Å². The molecule has 3 rings (SSSR count). The van der Waals surface area contributed by atoms with Crippen LogP contribution in [0, 0.1) is 0 Å². The lowest BCUT2D eigenvalue weighted by molar-refractivity contribution is -0.142. The Morgan fingerprint density at radius 1 is 0.826 bits per heavy atom. The molecule has 2 amide bonds. The molecule has 0 saturated heterocycles. The fourth-order valence-electron chi connectivity index (χ4n) is 4.25. The molecule has 0 aliphatic rings. The molecular weight excluding hydrogens is 678 g/mol. The summed E-state index contributed by atoms with van der Waals surface area (Å²) in [7, 11) is 1.21. The first kappa shape index (κ1) is 37.0. The first-order valence-electron chi connectivity index (χ1n) is 14.2. The molecule has 3 aromatic carbocycles. The van der Waals surface area contributed by atoms with Crippen LogP contribution < -0.4 is 15.4 Å². The number of rotatable bonds is 13. The molecule has 2 N–H and O–H groups in total. The molecule has 1 unspecified atom stereocenters. The largest absolute Gasteiger partial charge is 0.493 e. The molecular formula is C33H34Cl4N2O7. The third kappa shape index (κ3) is 11.1. The molecule has 0 aromatic heterocycles. The number of Topliss-reactive ketones (excluding diaryl/α,β-unsaturated/α-hetero) is 1. The highest BCUT2D eigenvalue weighted by atomic mass is 35.5. The summed E-state index contributed by atoms with van der Waals surface area (Å²) in [5.41, 5.74) is 1.03. The Labute approximate surface area is 287 Å². The maximum atomic E-state index is 13.2. The minimum atomic E-state index is -1.06. The van der Waals surface area contributed by atoms with Gasteiger partial charge in [-0.1, -0.05) is 76.7 Å². The van der Waals surface area contributed by atoms with E-state index in [-0.39, 0.29) is 56.4 Å². The highest BCUT2D eigenvalue weighted by molar-refractivity contribution is 6.40. The number of amides is 2. The number of ether oxygens (including phenoxy) is 3. The number of nitrogens with one attached hydrogen (secondary N) is 2. The van der Waals surface area contributed by atoms with E-state index in [9.17, 15) is 19.2 Å². The first-order chi connectivity index (χ1) is 21.7. The zero-order valence-corrected chi connectivity index (χ0v) is 28.7. The van der Waals surface area contributed by atoms with Crippen molar-refractivity contribution in [1.29, 1.82) is 0 Å². The minimum Gasteiger partial charge on any atom is -0.493 e. The number of methoxy groups -OCH3 is 1. The maximum absolute atomic E-state index is 13.2. The molecule has 246 valence electrons. The van der Waals surface area contributed by atoms with E-state index >= 15 is 0 Å². The summed E-state index contributed by atoms with van der Waals surface area (Å²) in [6.07, 6.45) is 0.116. The van der Waals surface area contributed by atoms with Gasteiger partial charge in [0.05, 0.1) is 44.9 Å². The average molecular weight is 712 g/mol. The summed E-state index contributed by atoms with van der Waals surface area (Å²) in [4.78, 5) is 50.3. The van der Waals surface area contributed by atoms with Crippen LogP contribution in [0.5, 0.6) is 5.75 Å². The Bertz CT molecular complexity index is 1530. The van der Waals surface area contributed by atoms with Gasteiger partial charge in [-0.3, -0.25) is 9.59 Å². The van der Waals surface area contributed by atoms with Gasteiger partial charge in [0.25, 0.3) is 5.91 Å². The van der Waals surface area contributed by atoms with E-state index in [0.29, 0.717) is 29.8 Å². The van der Waals surface area contributed by atoms with Gasteiger partial charge in [0.15, 0.2) is 5.78 Å². The SMILES string of the molecule is COC(=O)C(Cc1ccc(CC(=O)c2c(Cl)cccc2Cl)cc1)NC(=O)c1c(Cl)cc(OCCCNC(=O)OC(C)(C)C)cc1Cl. The lowest BCUT2D eigenvalue weighted by atomic mass is 9.99. The van der Waals surface area contributed by atoms with Gasteiger partial charge < -0.3 is 24.8 Å². The van der Waals surface area contributed by atoms with Gasteiger partial charge in [0.1, 0.15) is 17.4 Å². The smallest absolute Gasteiger partial charge is 0.407 e. The number of alkyl carbamates (subject to hydrolysis) is 1. The predicted octanol–water partition coefficient (Wildman–Crippen LogP) is 7.53. The minimum absolute atomic E-state index is 0.0168. The van der Waals surface area contributed by atoms with E-state index in [1.165, 1.54) is 19.2 Å². The Morgan fingerprint density at radius 2 is 1.41 bits per heavy atom. The molecule has 0 saturated carbocycles. The molecule has 0 fully saturated rings. The molecule has 1 atom stereocenters. The van der Waals surface area contributed by atoms with Crippen molar-refractivity contribution in [2.24, 2.45) is 0 Å². The first-order valence-corrected chi connectivity index (χ1v) is 15.7. The van der Waals surface area contributed by atoms with Crippen molar-refractivity contribution < 1.29 is 33.4 Å². The molecule has 0 heterocycles. The Balaban J connectivity index is 1.60. The van der Waals surface area contributed by atoms with Crippen LogP contribution in [0.2, 0.25) is 20.1 Å². The molecule has 0 aliphatic heterocycles. The van der Waals surface area contributed by atoms with E-state index in [1.54, 1.807) is 63.2 Å². The van der Waals surface area contributed by atoms with Crippen molar-refractivity contribution >= 4 is 70.2 Å². The number of carbonyl (C=O) groups excluding carboxylic acids is 4. The monoisotopic (exact) mass is 710 g/mol. The van der Waals surface area contributed by atoms with Gasteiger partial charge in [-0.15, -0.1) is 0 Å². The second kappa shape index (κ2) is 16.9. The number of halogens is 4. The number of benzene rings is 3. The van der Waals surface area contributed by atoms with E-state index < -0.39 is 29.6 Å². The van der Waals surface area contributed by atoms with Crippen LogP contribution in [0.15, 0.2) is 54.6 Å². The van der Waals surface area contributed by atoms with E-state index in [2.05, 4.69) is 10.6 Å². The second-order valence-electron chi connectivity index (χ2n) is 11.2. The average Bonchev–Trinajstić information content (AvgIpc) is 2.96. The van der Waals surface area contributed by atoms with Crippen LogP contribution in [0.1, 0.15) is 59.0 Å². The third-order valence-electron chi connectivity index (χ3n) is 6.36. The predicted molar refractivity (Wildman–Crippen MR) is 179 cm³/mol. The standard InChI is InChI=1S/C33H34Cl4N2O7/c1-33(2,3)46-32(43)38-13-6-14-45-21-17-24(36)29(25(37)18-21)30(41)39-26(31(42)44-4)15-19-9-11-20(12-10-19)16-27(40)28-22(34)7-5-8-23(28)35/h5,7-12,17-18,26H,6,13-16H2,1-4H3,(H,38,43)(H,39,41). The lowest BCUT2D eigenvalue weighted by Crippen LogP contribution is -2.43. The zero-order chi connectivity index (χ0) is 34.0. The van der Waals surface area contributed by atoms with E-state index in [4.69, 9.17) is 60.6 Å². The molecule has 13 heteroatoms. The van der Waals surface area contributed by atoms with Crippen molar-refractivity contribution in [3.05, 3.63) is 96.9 Å². The molecule has 9 nitrogen and oxygen atoms in total. The molecule has 3 aromatic rings. The molecule has 0 radical (unpaired) electrons. The van der Waals surface area contributed by atoms with Crippen LogP contribution in [-0.4, -0.2) is 55.7 Å². The fourth-order valence-corrected chi connectivity index (χ4v) is 5.50. The van der Waals surface area contributed by atoms with Gasteiger partial charge in [0, 0.05) is 19.4 Å². The van der Waals surface area contributed by atoms with Crippen molar-refractivity contribution in [3.63, 3.8) is 0 Å². The van der Waals surface area contributed by atoms with Gasteiger partial charge in [-0.05, 0) is 62.6 Å². The number of hydrogen-bond donors (Lipinski definition) is 2. The van der Waals surface area contributed by atoms with Crippen molar-refractivity contribution in [3.8, 4) is 5.75 Å². The van der Waals surface area contributed by atoms with Crippen LogP contribution in [-0.2, 0) is 27.1 Å². The molecule has 46 heavy (non-hydrogen) atoms. The summed E-state index contributed by atoms with van der Waals surface area (Å²) in [5, 5.41) is 5.86. The maximum Gasteiger partial charge on any atom is 0.407 e. The summed E-state index contributed by atoms with van der Waals surface area (Å²) in [6, 6.07) is 13.7. The highest BCUT2D eigenvalue weighted by Gasteiger charge is 2.26. The quantitative estimate of drug-likeness (QED) is 0.107. The Morgan fingerprint density at radius 3 is 1.98 bits per heavy atom. The van der Waals surface area contributed by atoms with Crippen molar-refractivity contribution in [2.45, 2.75) is 51.7 Å². The van der Waals surface area contributed by atoms with Crippen molar-refractivity contribution in [2.75, 3.05) is 20.3 Å². The third-order valence-corrected chi connectivity index (χ3v) is 7.59. The highest BCUT2D eigenvalue weighted by Crippen LogP contribution is 2.31. The topological polar surface area (TPSA) is 120 Å².